The van der Waals surface area contributed by atoms with Crippen LogP contribution in [0.2, 0.25) is 5.02 Å². The van der Waals surface area contributed by atoms with E-state index in [1.165, 1.54) is 6.92 Å². The molecule has 0 radical (unpaired) electrons. The molecule has 122 valence electrons. The largest absolute Gasteiger partial charge is 0.343 e. The van der Waals surface area contributed by atoms with Crippen molar-refractivity contribution in [1.29, 1.82) is 0 Å². The van der Waals surface area contributed by atoms with Crippen LogP contribution in [0.15, 0.2) is 22.4 Å². The lowest BCUT2D eigenvalue weighted by atomic mass is 10.0. The molecule has 3 heterocycles. The summed E-state index contributed by atoms with van der Waals surface area (Å²) in [6.07, 6.45) is 1.42. The lowest BCUT2D eigenvalue weighted by Gasteiger charge is -2.41. The number of anilines is 1. The highest BCUT2D eigenvalue weighted by molar-refractivity contribution is 6.30. The molecule has 0 aromatic carbocycles. The van der Waals surface area contributed by atoms with Gasteiger partial charge in [-0.2, -0.15) is 4.99 Å². The number of aliphatic imine (C=N–C) groups is 2. The summed E-state index contributed by atoms with van der Waals surface area (Å²) in [5.41, 5.74) is 0.150. The maximum Gasteiger partial charge on any atom is 0.289 e. The van der Waals surface area contributed by atoms with Gasteiger partial charge in [-0.1, -0.05) is 11.6 Å². The molecule has 7 nitrogen and oxygen atoms in total. The van der Waals surface area contributed by atoms with Crippen molar-refractivity contribution in [1.82, 2.24) is 14.9 Å². The highest BCUT2D eigenvalue weighted by atomic mass is 35.5. The number of carbonyl (C=O) groups excluding carboxylic acids is 1. The monoisotopic (exact) mass is 338 g/mol. The molecule has 1 amide bonds. The Morgan fingerprint density at radius 3 is 2.61 bits per heavy atom. The third-order valence-electron chi connectivity index (χ3n) is 3.79. The van der Waals surface area contributed by atoms with Crippen LogP contribution in [-0.4, -0.2) is 65.3 Å². The fourth-order valence-corrected chi connectivity index (χ4v) is 2.63. The van der Waals surface area contributed by atoms with E-state index in [1.807, 2.05) is 4.90 Å². The van der Waals surface area contributed by atoms with Crippen LogP contribution >= 0.6 is 11.6 Å². The molecule has 9 heteroatoms. The van der Waals surface area contributed by atoms with Crippen LogP contribution in [0.3, 0.4) is 0 Å². The molecule has 2 aliphatic rings. The molecular formula is C14H16ClFN6O. The minimum absolute atomic E-state index is 0.150. The lowest BCUT2D eigenvalue weighted by Crippen LogP contribution is -2.52. The molecule has 1 aromatic rings. The standard InChI is InChI=1S/C14H16ClFN6O/c1-8-11(16)12(23)20-14(19-8)21(2)5-9-6-22(7-9)13-17-3-10(15)4-18-13/h3-4,9,11H,5-7H2,1-2H3. The van der Waals surface area contributed by atoms with E-state index in [1.54, 1.807) is 24.3 Å². The minimum Gasteiger partial charge on any atom is -0.343 e. The van der Waals surface area contributed by atoms with Gasteiger partial charge in [-0.05, 0) is 6.92 Å². The van der Waals surface area contributed by atoms with Crippen molar-refractivity contribution in [3.05, 3.63) is 17.4 Å². The second kappa shape index (κ2) is 6.19. The SMILES string of the molecule is CC1=NC(N(C)CC2CN(c3ncc(Cl)cn3)C2)=NC(=O)C1F. The third-order valence-corrected chi connectivity index (χ3v) is 3.99. The van der Waals surface area contributed by atoms with Gasteiger partial charge in [0, 0.05) is 32.6 Å². The van der Waals surface area contributed by atoms with E-state index in [4.69, 9.17) is 11.6 Å². The maximum absolute atomic E-state index is 13.4. The molecule has 0 N–H and O–H groups in total. The van der Waals surface area contributed by atoms with Gasteiger partial charge in [0.15, 0.2) is 0 Å². The summed E-state index contributed by atoms with van der Waals surface area (Å²) in [7, 11) is 1.79. The number of halogens is 2. The number of hydrogen-bond acceptors (Lipinski definition) is 6. The molecule has 0 spiro atoms. The predicted molar refractivity (Wildman–Crippen MR) is 85.8 cm³/mol. The number of amides is 1. The molecule has 2 aliphatic heterocycles. The van der Waals surface area contributed by atoms with Gasteiger partial charge < -0.3 is 9.80 Å². The summed E-state index contributed by atoms with van der Waals surface area (Å²) in [5.74, 6) is 0.495. The fourth-order valence-electron chi connectivity index (χ4n) is 2.53. The van der Waals surface area contributed by atoms with E-state index in [0.29, 0.717) is 23.4 Å². The first-order valence-electron chi connectivity index (χ1n) is 7.19. The molecule has 1 aromatic heterocycles. The highest BCUT2D eigenvalue weighted by Crippen LogP contribution is 2.22. The van der Waals surface area contributed by atoms with E-state index in [2.05, 4.69) is 20.0 Å². The van der Waals surface area contributed by atoms with Crippen LogP contribution < -0.4 is 4.90 Å². The van der Waals surface area contributed by atoms with Crippen molar-refractivity contribution >= 4 is 35.1 Å². The van der Waals surface area contributed by atoms with Crippen molar-refractivity contribution < 1.29 is 9.18 Å². The molecule has 0 saturated carbocycles. The van der Waals surface area contributed by atoms with Gasteiger partial charge in [0.05, 0.1) is 23.1 Å². The van der Waals surface area contributed by atoms with Crippen molar-refractivity contribution in [3.63, 3.8) is 0 Å². The summed E-state index contributed by atoms with van der Waals surface area (Å²) in [4.78, 5) is 31.4. The lowest BCUT2D eigenvalue weighted by molar-refractivity contribution is -0.120. The Balaban J connectivity index is 1.55. The first-order valence-corrected chi connectivity index (χ1v) is 7.57. The van der Waals surface area contributed by atoms with Crippen LogP contribution in [0.1, 0.15) is 6.92 Å². The number of rotatable bonds is 3. The number of hydrogen-bond donors (Lipinski definition) is 0. The van der Waals surface area contributed by atoms with E-state index >= 15 is 0 Å². The summed E-state index contributed by atoms with van der Waals surface area (Å²) < 4.78 is 13.4. The molecule has 1 saturated heterocycles. The number of carbonyl (C=O) groups is 1. The van der Waals surface area contributed by atoms with Gasteiger partial charge in [0.25, 0.3) is 5.91 Å². The second-order valence-corrected chi connectivity index (χ2v) is 6.16. The summed E-state index contributed by atoms with van der Waals surface area (Å²) in [6, 6.07) is 0. The van der Waals surface area contributed by atoms with Crippen LogP contribution in [0, 0.1) is 5.92 Å². The molecular weight excluding hydrogens is 323 g/mol. The van der Waals surface area contributed by atoms with Crippen LogP contribution in [0.5, 0.6) is 0 Å². The molecule has 1 atom stereocenters. The summed E-state index contributed by atoms with van der Waals surface area (Å²) in [6.45, 7) is 3.75. The fraction of sp³-hybridized carbons (Fsp3) is 0.500. The maximum atomic E-state index is 13.4. The molecule has 23 heavy (non-hydrogen) atoms. The van der Waals surface area contributed by atoms with Gasteiger partial charge in [-0.15, -0.1) is 0 Å². The van der Waals surface area contributed by atoms with E-state index in [-0.39, 0.29) is 11.7 Å². The summed E-state index contributed by atoms with van der Waals surface area (Å²) in [5, 5.41) is 0.505. The number of guanidine groups is 1. The Kier molecular flexibility index (Phi) is 4.25. The van der Waals surface area contributed by atoms with Gasteiger partial charge in [0.2, 0.25) is 18.1 Å². The third kappa shape index (κ3) is 3.31. The molecule has 1 fully saturated rings. The van der Waals surface area contributed by atoms with Crippen molar-refractivity contribution in [3.8, 4) is 0 Å². The van der Waals surface area contributed by atoms with Gasteiger partial charge in [0.1, 0.15) is 0 Å². The second-order valence-electron chi connectivity index (χ2n) is 5.72. The first-order chi connectivity index (χ1) is 10.9. The Bertz CT molecular complexity index is 670. The molecule has 0 bridgehead atoms. The number of aromatic nitrogens is 2. The van der Waals surface area contributed by atoms with E-state index < -0.39 is 12.1 Å². The van der Waals surface area contributed by atoms with Crippen molar-refractivity contribution in [2.24, 2.45) is 15.9 Å². The Morgan fingerprint density at radius 1 is 1.35 bits per heavy atom. The van der Waals surface area contributed by atoms with Gasteiger partial charge in [-0.3, -0.25) is 4.79 Å². The Morgan fingerprint density at radius 2 is 2.00 bits per heavy atom. The van der Waals surface area contributed by atoms with Crippen LogP contribution in [-0.2, 0) is 4.79 Å². The zero-order valence-electron chi connectivity index (χ0n) is 12.8. The summed E-state index contributed by atoms with van der Waals surface area (Å²) >= 11 is 5.76. The normalized spacial score (nSPS) is 21.7. The first kappa shape index (κ1) is 15.8. The Labute approximate surface area is 137 Å². The topological polar surface area (TPSA) is 74.1 Å². The Hall–Kier alpha value is -2.09. The zero-order valence-corrected chi connectivity index (χ0v) is 13.5. The average molecular weight is 339 g/mol. The minimum atomic E-state index is -1.71. The number of nitrogens with zero attached hydrogens (tertiary/aromatic N) is 6. The molecule has 3 rings (SSSR count). The van der Waals surface area contributed by atoms with Crippen LogP contribution in [0.25, 0.3) is 0 Å². The van der Waals surface area contributed by atoms with Gasteiger partial charge in [-0.25, -0.2) is 19.4 Å². The number of alkyl halides is 1. The molecule has 0 aliphatic carbocycles. The van der Waals surface area contributed by atoms with E-state index in [9.17, 15) is 9.18 Å². The highest BCUT2D eigenvalue weighted by Gasteiger charge is 2.32. The molecule has 1 unspecified atom stereocenters. The van der Waals surface area contributed by atoms with Gasteiger partial charge >= 0.3 is 0 Å². The van der Waals surface area contributed by atoms with E-state index in [0.717, 1.165) is 13.1 Å². The zero-order chi connectivity index (χ0) is 16.6. The van der Waals surface area contributed by atoms with Crippen molar-refractivity contribution in [2.45, 2.75) is 13.1 Å². The predicted octanol–water partition coefficient (Wildman–Crippen LogP) is 1.19. The quantitative estimate of drug-likeness (QED) is 0.827. The van der Waals surface area contributed by atoms with Crippen LogP contribution in [0.4, 0.5) is 10.3 Å². The van der Waals surface area contributed by atoms with Crippen molar-refractivity contribution in [2.75, 3.05) is 31.6 Å². The smallest absolute Gasteiger partial charge is 0.289 e. The average Bonchev–Trinajstić information content (AvgIpc) is 2.48.